The predicted octanol–water partition coefficient (Wildman–Crippen LogP) is 4.46. The van der Waals surface area contributed by atoms with Crippen LogP contribution in [0.3, 0.4) is 0 Å². The second-order valence-corrected chi connectivity index (χ2v) is 6.94. The van der Waals surface area contributed by atoms with E-state index in [9.17, 15) is 4.79 Å². The molecule has 1 amide bonds. The van der Waals surface area contributed by atoms with Crippen molar-refractivity contribution in [2.45, 2.75) is 0 Å². The minimum Gasteiger partial charge on any atom is -0.310 e. The summed E-state index contributed by atoms with van der Waals surface area (Å²) >= 11 is 0. The Morgan fingerprint density at radius 1 is 0.900 bits per heavy atom. The molecule has 0 saturated heterocycles. The van der Waals surface area contributed by atoms with Crippen molar-refractivity contribution < 1.29 is 4.79 Å². The smallest absolute Gasteiger partial charge is 0.278 e. The van der Waals surface area contributed by atoms with Crippen molar-refractivity contribution in [3.63, 3.8) is 0 Å². The number of para-hydroxylation sites is 2. The van der Waals surface area contributed by atoms with E-state index in [1.54, 1.807) is 18.3 Å². The Morgan fingerprint density at radius 2 is 1.60 bits per heavy atom. The van der Waals surface area contributed by atoms with Crippen LogP contribution in [0, 0.1) is 0 Å². The first kappa shape index (κ1) is 17.9. The molecule has 0 fully saturated rings. The van der Waals surface area contributed by atoms with Gasteiger partial charge in [0.05, 0.1) is 5.52 Å². The molecule has 0 saturated carbocycles. The van der Waals surface area contributed by atoms with Crippen molar-refractivity contribution in [2.75, 3.05) is 11.9 Å². The molecule has 5 aromatic rings. The molecular formula is C24H19N5O. The highest BCUT2D eigenvalue weighted by molar-refractivity contribution is 6.09. The van der Waals surface area contributed by atoms with Crippen molar-refractivity contribution in [3.8, 4) is 17.2 Å². The van der Waals surface area contributed by atoms with Crippen LogP contribution < -0.4 is 4.90 Å². The molecule has 0 radical (unpaired) electrons. The highest BCUT2D eigenvalue weighted by Gasteiger charge is 2.23. The summed E-state index contributed by atoms with van der Waals surface area (Å²) in [7, 11) is 1.76. The third kappa shape index (κ3) is 3.04. The highest BCUT2D eigenvalue weighted by Crippen LogP contribution is 2.24. The zero-order chi connectivity index (χ0) is 20.5. The third-order valence-corrected chi connectivity index (χ3v) is 5.07. The number of nitrogens with zero attached hydrogens (tertiary/aromatic N) is 5. The van der Waals surface area contributed by atoms with Gasteiger partial charge in [-0.05, 0) is 36.4 Å². The molecule has 6 heteroatoms. The number of carbonyl (C=O) groups excluding carboxylic acids is 1. The van der Waals surface area contributed by atoms with Crippen molar-refractivity contribution >= 4 is 17.1 Å². The molecule has 3 heterocycles. The number of amides is 1. The van der Waals surface area contributed by atoms with Crippen molar-refractivity contribution in [3.05, 3.63) is 103 Å². The van der Waals surface area contributed by atoms with E-state index in [4.69, 9.17) is 4.98 Å². The lowest BCUT2D eigenvalue weighted by molar-refractivity contribution is 0.0990. The van der Waals surface area contributed by atoms with E-state index in [2.05, 4.69) is 4.98 Å². The van der Waals surface area contributed by atoms with Crippen LogP contribution in [0.2, 0.25) is 0 Å². The number of aromatic nitrogens is 4. The first-order valence-electron chi connectivity index (χ1n) is 9.62. The van der Waals surface area contributed by atoms with Crippen molar-refractivity contribution in [1.29, 1.82) is 0 Å². The lowest BCUT2D eigenvalue weighted by Crippen LogP contribution is -2.26. The largest absolute Gasteiger partial charge is 0.310 e. The van der Waals surface area contributed by atoms with Crippen LogP contribution in [-0.4, -0.2) is 31.9 Å². The summed E-state index contributed by atoms with van der Waals surface area (Å²) in [6.45, 7) is 0. The van der Waals surface area contributed by atoms with E-state index in [1.165, 1.54) is 0 Å². The molecule has 0 N–H and O–H groups in total. The van der Waals surface area contributed by atoms with Gasteiger partial charge in [0.2, 0.25) is 0 Å². The van der Waals surface area contributed by atoms with Crippen LogP contribution in [0.15, 0.2) is 97.6 Å². The summed E-state index contributed by atoms with van der Waals surface area (Å²) in [5.41, 5.74) is 3.66. The maximum atomic E-state index is 13.3. The van der Waals surface area contributed by atoms with E-state index >= 15 is 0 Å². The molecule has 0 spiro atoms. The SMILES string of the molecule is CN(C(=O)c1nc(-c2cn(-c3ccccc3)cn2)n2ccccc12)c1ccccc1. The lowest BCUT2D eigenvalue weighted by Gasteiger charge is -2.16. The highest BCUT2D eigenvalue weighted by atomic mass is 16.2. The number of anilines is 1. The van der Waals surface area contributed by atoms with E-state index in [0.29, 0.717) is 17.2 Å². The molecule has 146 valence electrons. The standard InChI is InChI=1S/C24H19N5O/c1-27(18-10-4-2-5-11-18)24(30)22-21-14-8-9-15-29(21)23(26-22)20-16-28(17-25-20)19-12-6-3-7-13-19/h2-17H,1H3. The van der Waals surface area contributed by atoms with Crippen LogP contribution >= 0.6 is 0 Å². The first-order valence-corrected chi connectivity index (χ1v) is 9.62. The Kier molecular flexibility index (Phi) is 4.37. The van der Waals surface area contributed by atoms with Gasteiger partial charge in [0.15, 0.2) is 11.5 Å². The molecule has 30 heavy (non-hydrogen) atoms. The fraction of sp³-hybridized carbons (Fsp3) is 0.0417. The van der Waals surface area contributed by atoms with Crippen molar-refractivity contribution in [1.82, 2.24) is 18.9 Å². The number of fused-ring (bicyclic) bond motifs is 1. The fourth-order valence-electron chi connectivity index (χ4n) is 3.48. The van der Waals surface area contributed by atoms with Gasteiger partial charge in [-0.2, -0.15) is 0 Å². The molecule has 0 aliphatic heterocycles. The van der Waals surface area contributed by atoms with Crippen LogP contribution in [0.4, 0.5) is 5.69 Å². The molecule has 0 atom stereocenters. The number of pyridine rings is 1. The molecule has 2 aromatic carbocycles. The van der Waals surface area contributed by atoms with Gasteiger partial charge in [-0.15, -0.1) is 0 Å². The monoisotopic (exact) mass is 393 g/mol. The van der Waals surface area contributed by atoms with Gasteiger partial charge in [-0.25, -0.2) is 9.97 Å². The first-order chi connectivity index (χ1) is 14.7. The van der Waals surface area contributed by atoms with Crippen LogP contribution in [-0.2, 0) is 0 Å². The van der Waals surface area contributed by atoms with Gasteiger partial charge in [-0.1, -0.05) is 42.5 Å². The maximum absolute atomic E-state index is 13.3. The molecule has 3 aromatic heterocycles. The Balaban J connectivity index is 1.58. The Hall–Kier alpha value is -4.19. The predicted molar refractivity (Wildman–Crippen MR) is 117 cm³/mol. The number of imidazole rings is 2. The maximum Gasteiger partial charge on any atom is 0.278 e. The number of hydrogen-bond donors (Lipinski definition) is 0. The Morgan fingerprint density at radius 3 is 2.37 bits per heavy atom. The summed E-state index contributed by atoms with van der Waals surface area (Å²) in [5, 5.41) is 0. The number of hydrogen-bond acceptors (Lipinski definition) is 3. The average molecular weight is 393 g/mol. The van der Waals surface area contributed by atoms with Crippen LogP contribution in [0.5, 0.6) is 0 Å². The minimum absolute atomic E-state index is 0.168. The summed E-state index contributed by atoms with van der Waals surface area (Å²) in [6.07, 6.45) is 5.58. The molecule has 5 rings (SSSR count). The second kappa shape index (κ2) is 7.33. The topological polar surface area (TPSA) is 55.4 Å². The molecule has 0 unspecified atom stereocenters. The zero-order valence-electron chi connectivity index (χ0n) is 16.4. The number of benzene rings is 2. The summed E-state index contributed by atoms with van der Waals surface area (Å²) in [6, 6.07) is 25.2. The van der Waals surface area contributed by atoms with Crippen molar-refractivity contribution in [2.24, 2.45) is 0 Å². The lowest BCUT2D eigenvalue weighted by atomic mass is 10.2. The van der Waals surface area contributed by atoms with E-state index < -0.39 is 0 Å². The molecular weight excluding hydrogens is 374 g/mol. The average Bonchev–Trinajstić information content (AvgIpc) is 3.44. The van der Waals surface area contributed by atoms with E-state index in [-0.39, 0.29) is 5.91 Å². The third-order valence-electron chi connectivity index (χ3n) is 5.07. The van der Waals surface area contributed by atoms with Gasteiger partial charge in [0.25, 0.3) is 5.91 Å². The van der Waals surface area contributed by atoms with E-state index in [1.807, 2.05) is 100 Å². The Labute approximate surface area is 173 Å². The molecule has 0 bridgehead atoms. The summed E-state index contributed by atoms with van der Waals surface area (Å²) < 4.78 is 3.85. The van der Waals surface area contributed by atoms with Gasteiger partial charge >= 0.3 is 0 Å². The normalized spacial score (nSPS) is 11.0. The van der Waals surface area contributed by atoms with Crippen LogP contribution in [0.25, 0.3) is 22.7 Å². The fourth-order valence-corrected chi connectivity index (χ4v) is 3.48. The van der Waals surface area contributed by atoms with Gasteiger partial charge in [0, 0.05) is 30.8 Å². The molecule has 0 aliphatic carbocycles. The zero-order valence-corrected chi connectivity index (χ0v) is 16.4. The van der Waals surface area contributed by atoms with Gasteiger partial charge < -0.3 is 9.47 Å². The second-order valence-electron chi connectivity index (χ2n) is 6.94. The quantitative estimate of drug-likeness (QED) is 0.453. The molecule has 6 nitrogen and oxygen atoms in total. The van der Waals surface area contributed by atoms with Gasteiger partial charge in [-0.3, -0.25) is 9.20 Å². The van der Waals surface area contributed by atoms with Gasteiger partial charge in [0.1, 0.15) is 12.0 Å². The molecule has 0 aliphatic rings. The summed E-state index contributed by atoms with van der Waals surface area (Å²) in [4.78, 5) is 24.1. The van der Waals surface area contributed by atoms with E-state index in [0.717, 1.165) is 16.9 Å². The Bertz CT molecular complexity index is 1320. The minimum atomic E-state index is -0.168. The summed E-state index contributed by atoms with van der Waals surface area (Å²) in [5.74, 6) is 0.462. The van der Waals surface area contributed by atoms with Crippen LogP contribution in [0.1, 0.15) is 10.5 Å². The number of carbonyl (C=O) groups is 1. The number of rotatable bonds is 4.